The lowest BCUT2D eigenvalue weighted by molar-refractivity contribution is -0.157. The van der Waals surface area contributed by atoms with Crippen LogP contribution in [-0.4, -0.2) is 32.1 Å². The SMILES string of the molecule is CCCc1ccc(S(=O)(=O)Nc2ccc(NC(=O)N[C@@H](Cc3ccccc3)C(=O)OC(C)(C)C)cc2)cc1. The number of hydrogen-bond acceptors (Lipinski definition) is 5. The van der Waals surface area contributed by atoms with Crippen molar-refractivity contribution in [2.24, 2.45) is 0 Å². The van der Waals surface area contributed by atoms with Gasteiger partial charge in [0.15, 0.2) is 0 Å². The third kappa shape index (κ3) is 8.92. The molecule has 0 aliphatic carbocycles. The summed E-state index contributed by atoms with van der Waals surface area (Å²) in [5.74, 6) is -0.538. The van der Waals surface area contributed by atoms with Crippen molar-refractivity contribution in [1.82, 2.24) is 5.32 Å². The minimum atomic E-state index is -3.75. The zero-order chi connectivity index (χ0) is 27.8. The van der Waals surface area contributed by atoms with E-state index in [9.17, 15) is 18.0 Å². The van der Waals surface area contributed by atoms with Gasteiger partial charge in [0.1, 0.15) is 11.6 Å². The fourth-order valence-corrected chi connectivity index (χ4v) is 4.76. The third-order valence-corrected chi connectivity index (χ3v) is 6.84. The second-order valence-corrected chi connectivity index (χ2v) is 11.6. The number of urea groups is 1. The Balaban J connectivity index is 1.63. The lowest BCUT2D eigenvalue weighted by Gasteiger charge is -2.24. The highest BCUT2D eigenvalue weighted by molar-refractivity contribution is 7.92. The van der Waals surface area contributed by atoms with E-state index in [0.29, 0.717) is 11.4 Å². The maximum Gasteiger partial charge on any atom is 0.329 e. The van der Waals surface area contributed by atoms with Crippen molar-refractivity contribution >= 4 is 33.4 Å². The highest BCUT2D eigenvalue weighted by Crippen LogP contribution is 2.19. The van der Waals surface area contributed by atoms with Crippen LogP contribution in [0.15, 0.2) is 83.8 Å². The Labute approximate surface area is 224 Å². The molecule has 202 valence electrons. The molecule has 38 heavy (non-hydrogen) atoms. The van der Waals surface area contributed by atoms with Crippen LogP contribution in [0.3, 0.4) is 0 Å². The molecule has 0 saturated carbocycles. The number of anilines is 2. The summed E-state index contributed by atoms with van der Waals surface area (Å²) in [6, 6.07) is 20.9. The topological polar surface area (TPSA) is 114 Å². The van der Waals surface area contributed by atoms with Gasteiger partial charge < -0.3 is 15.4 Å². The first kappa shape index (κ1) is 28.7. The standard InChI is InChI=1S/C29H35N3O5S/c1-5-9-21-12-18-25(19-13-21)38(35,36)32-24-16-14-23(15-17-24)30-28(34)31-26(27(33)37-29(2,3)4)20-22-10-7-6-8-11-22/h6-8,10-19,26,32H,5,9,20H2,1-4H3,(H2,30,31,34)/t26-/m0/s1. The molecule has 0 spiro atoms. The molecule has 1 atom stereocenters. The molecule has 0 aromatic heterocycles. The maximum absolute atomic E-state index is 12.8. The Kier molecular flexibility index (Phi) is 9.52. The Morgan fingerprint density at radius 3 is 2.03 bits per heavy atom. The number of sulfonamides is 1. The number of rotatable bonds is 10. The molecular weight excluding hydrogens is 502 g/mol. The van der Waals surface area contributed by atoms with Gasteiger partial charge in [-0.2, -0.15) is 0 Å². The molecular formula is C29H35N3O5S. The second kappa shape index (κ2) is 12.6. The van der Waals surface area contributed by atoms with Crippen molar-refractivity contribution in [3.8, 4) is 0 Å². The van der Waals surface area contributed by atoms with Crippen molar-refractivity contribution in [2.45, 2.75) is 63.5 Å². The quantitative estimate of drug-likeness (QED) is 0.295. The van der Waals surface area contributed by atoms with Gasteiger partial charge in [-0.25, -0.2) is 18.0 Å². The summed E-state index contributed by atoms with van der Waals surface area (Å²) in [6.45, 7) is 7.37. The number of amides is 2. The van der Waals surface area contributed by atoms with Crippen LogP contribution < -0.4 is 15.4 Å². The predicted molar refractivity (Wildman–Crippen MR) is 150 cm³/mol. The van der Waals surface area contributed by atoms with E-state index in [1.54, 1.807) is 57.2 Å². The van der Waals surface area contributed by atoms with Crippen LogP contribution in [0.4, 0.5) is 16.2 Å². The molecule has 0 bridgehead atoms. The Bertz CT molecular complexity index is 1320. The third-order valence-electron chi connectivity index (χ3n) is 5.45. The van der Waals surface area contributed by atoms with Gasteiger partial charge in [0.2, 0.25) is 0 Å². The number of esters is 1. The van der Waals surface area contributed by atoms with Crippen molar-refractivity contribution < 1.29 is 22.7 Å². The number of hydrogen-bond donors (Lipinski definition) is 3. The molecule has 3 aromatic carbocycles. The first-order valence-electron chi connectivity index (χ1n) is 12.5. The van der Waals surface area contributed by atoms with Gasteiger partial charge in [-0.1, -0.05) is 55.8 Å². The van der Waals surface area contributed by atoms with Crippen molar-refractivity contribution in [1.29, 1.82) is 0 Å². The lowest BCUT2D eigenvalue weighted by Crippen LogP contribution is -2.47. The van der Waals surface area contributed by atoms with Crippen LogP contribution in [-0.2, 0) is 32.4 Å². The summed E-state index contributed by atoms with van der Waals surface area (Å²) in [5, 5.41) is 5.37. The van der Waals surface area contributed by atoms with E-state index in [1.807, 2.05) is 42.5 Å². The van der Waals surface area contributed by atoms with Crippen molar-refractivity contribution in [3.05, 3.63) is 90.0 Å². The summed E-state index contributed by atoms with van der Waals surface area (Å²) in [4.78, 5) is 25.7. The van der Waals surface area contributed by atoms with Crippen LogP contribution in [0.5, 0.6) is 0 Å². The molecule has 0 aliphatic heterocycles. The van der Waals surface area contributed by atoms with Gasteiger partial charge in [0.05, 0.1) is 4.90 Å². The fourth-order valence-electron chi connectivity index (χ4n) is 3.70. The molecule has 3 N–H and O–H groups in total. The average molecular weight is 538 g/mol. The molecule has 3 aromatic rings. The van der Waals surface area contributed by atoms with Gasteiger partial charge in [0, 0.05) is 17.8 Å². The summed E-state index contributed by atoms with van der Waals surface area (Å²) in [7, 11) is -3.75. The smallest absolute Gasteiger partial charge is 0.329 e. The van der Waals surface area contributed by atoms with Crippen molar-refractivity contribution in [3.63, 3.8) is 0 Å². The maximum atomic E-state index is 12.8. The molecule has 0 radical (unpaired) electrons. The summed E-state index contributed by atoms with van der Waals surface area (Å²) in [6.07, 6.45) is 2.14. The molecule has 0 saturated heterocycles. The average Bonchev–Trinajstić information content (AvgIpc) is 2.85. The van der Waals surface area contributed by atoms with Crippen molar-refractivity contribution in [2.75, 3.05) is 10.0 Å². The van der Waals surface area contributed by atoms with E-state index in [4.69, 9.17) is 4.74 Å². The minimum absolute atomic E-state index is 0.172. The zero-order valence-electron chi connectivity index (χ0n) is 22.2. The fraction of sp³-hybridized carbons (Fsp3) is 0.310. The molecule has 2 amide bonds. The van der Waals surface area contributed by atoms with Gasteiger partial charge in [-0.05, 0) is 74.7 Å². The van der Waals surface area contributed by atoms with E-state index in [2.05, 4.69) is 22.3 Å². The van der Waals surface area contributed by atoms with E-state index < -0.39 is 33.7 Å². The highest BCUT2D eigenvalue weighted by atomic mass is 32.2. The van der Waals surface area contributed by atoms with Crippen LogP contribution in [0, 0.1) is 0 Å². The number of carbonyl (C=O) groups excluding carboxylic acids is 2. The van der Waals surface area contributed by atoms with E-state index in [1.165, 1.54) is 0 Å². The van der Waals surface area contributed by atoms with E-state index in [-0.39, 0.29) is 11.3 Å². The molecule has 0 unspecified atom stereocenters. The van der Waals surface area contributed by atoms with Crippen LogP contribution >= 0.6 is 0 Å². The Morgan fingerprint density at radius 1 is 0.842 bits per heavy atom. The second-order valence-electron chi connectivity index (χ2n) is 9.95. The number of benzene rings is 3. The molecule has 0 aliphatic rings. The van der Waals surface area contributed by atoms with E-state index >= 15 is 0 Å². The minimum Gasteiger partial charge on any atom is -0.458 e. The summed E-state index contributed by atoms with van der Waals surface area (Å²) >= 11 is 0. The van der Waals surface area contributed by atoms with Gasteiger partial charge in [-0.3, -0.25) is 4.72 Å². The Hall–Kier alpha value is -3.85. The lowest BCUT2D eigenvalue weighted by atomic mass is 10.1. The number of aryl methyl sites for hydroxylation is 1. The molecule has 0 fully saturated rings. The van der Waals surface area contributed by atoms with Crippen LogP contribution in [0.1, 0.15) is 45.2 Å². The molecule has 9 heteroatoms. The normalized spacial score (nSPS) is 12.3. The number of carbonyl (C=O) groups is 2. The summed E-state index contributed by atoms with van der Waals surface area (Å²) < 4.78 is 33.5. The van der Waals surface area contributed by atoms with Gasteiger partial charge in [0.25, 0.3) is 10.0 Å². The van der Waals surface area contributed by atoms with Gasteiger partial charge >= 0.3 is 12.0 Å². The molecule has 8 nitrogen and oxygen atoms in total. The number of nitrogens with one attached hydrogen (secondary N) is 3. The molecule has 0 heterocycles. The monoisotopic (exact) mass is 537 g/mol. The Morgan fingerprint density at radius 2 is 1.45 bits per heavy atom. The summed E-state index contributed by atoms with van der Waals surface area (Å²) in [5.41, 5.74) is 2.03. The molecule has 3 rings (SSSR count). The highest BCUT2D eigenvalue weighted by Gasteiger charge is 2.27. The largest absolute Gasteiger partial charge is 0.458 e. The van der Waals surface area contributed by atoms with Gasteiger partial charge in [-0.15, -0.1) is 0 Å². The van der Waals surface area contributed by atoms with E-state index in [0.717, 1.165) is 24.0 Å². The number of ether oxygens (including phenoxy) is 1. The first-order chi connectivity index (χ1) is 17.9. The predicted octanol–water partition coefficient (Wildman–Crippen LogP) is 5.51. The van der Waals surface area contributed by atoms with Crippen LogP contribution in [0.25, 0.3) is 0 Å². The van der Waals surface area contributed by atoms with Crippen LogP contribution in [0.2, 0.25) is 0 Å². The zero-order valence-corrected chi connectivity index (χ0v) is 23.0. The first-order valence-corrected chi connectivity index (χ1v) is 14.0.